The Morgan fingerprint density at radius 3 is 2.71 bits per heavy atom. The molecule has 0 saturated carbocycles. The Balaban J connectivity index is 1.34. The van der Waals surface area contributed by atoms with Crippen LogP contribution in [-0.2, 0) is 21.9 Å². The monoisotopic (exact) mass is 496 g/mol. The van der Waals surface area contributed by atoms with E-state index in [1.165, 1.54) is 6.33 Å². The van der Waals surface area contributed by atoms with Crippen molar-refractivity contribution in [2.45, 2.75) is 37.1 Å². The summed E-state index contributed by atoms with van der Waals surface area (Å²) in [6, 6.07) is 6.07. The minimum absolute atomic E-state index is 0.0802. The summed E-state index contributed by atoms with van der Waals surface area (Å²) in [6.07, 6.45) is 5.60. The number of benzene rings is 1. The minimum atomic E-state index is -3.66. The number of amides is 1. The number of aromatic nitrogens is 4. The zero-order valence-electron chi connectivity index (χ0n) is 19.8. The van der Waals surface area contributed by atoms with E-state index >= 15 is 0 Å². The van der Waals surface area contributed by atoms with Crippen LogP contribution in [0.25, 0.3) is 11.0 Å². The maximum atomic E-state index is 13.5. The van der Waals surface area contributed by atoms with Crippen molar-refractivity contribution in [1.29, 1.82) is 0 Å². The number of piperazine rings is 1. The highest BCUT2D eigenvalue weighted by atomic mass is 32.2. The maximum absolute atomic E-state index is 13.5. The smallest absolute Gasteiger partial charge is 0.263 e. The molecule has 1 fully saturated rings. The fourth-order valence-corrected chi connectivity index (χ4v) is 5.82. The van der Waals surface area contributed by atoms with Gasteiger partial charge in [-0.15, -0.1) is 0 Å². The van der Waals surface area contributed by atoms with Gasteiger partial charge >= 0.3 is 0 Å². The number of rotatable bonds is 6. The van der Waals surface area contributed by atoms with Gasteiger partial charge in [0.15, 0.2) is 5.65 Å². The minimum Gasteiger partial charge on any atom is -0.352 e. The molecule has 4 heterocycles. The van der Waals surface area contributed by atoms with E-state index in [1.807, 2.05) is 11.9 Å². The standard InChI is InChI=1S/C23H28N8O3S/c1-3-4-8-18(27-20-16-7-5-6-9-19(16)35(33,34)28-20)23(32)31-12-10-30(11-13-31)22-17-14-26-29(2)21(17)24-15-25-22/h5-7,9,14-15,18H,3-4,8,10-13H2,1-2H3,(H,27,28). The van der Waals surface area contributed by atoms with E-state index in [-0.39, 0.29) is 16.6 Å². The largest absolute Gasteiger partial charge is 0.352 e. The number of hydrogen-bond acceptors (Lipinski definition) is 8. The van der Waals surface area contributed by atoms with Gasteiger partial charge in [0.05, 0.1) is 16.5 Å². The SMILES string of the molecule is CCCCC(N=C1NS(=O)(=O)c2ccccc21)C(=O)N1CCN(c2ncnc3c2cnn3C)CC1. The first-order valence-corrected chi connectivity index (χ1v) is 13.2. The summed E-state index contributed by atoms with van der Waals surface area (Å²) < 4.78 is 29.2. The number of hydrogen-bond donors (Lipinski definition) is 1. The average molecular weight is 497 g/mol. The molecule has 11 nitrogen and oxygen atoms in total. The third-order valence-corrected chi connectivity index (χ3v) is 7.86. The first-order valence-electron chi connectivity index (χ1n) is 11.8. The van der Waals surface area contributed by atoms with Gasteiger partial charge in [0.2, 0.25) is 5.91 Å². The van der Waals surface area contributed by atoms with Crippen molar-refractivity contribution < 1.29 is 13.2 Å². The Labute approximate surface area is 203 Å². The van der Waals surface area contributed by atoms with Crippen LogP contribution in [0.1, 0.15) is 31.7 Å². The second-order valence-electron chi connectivity index (χ2n) is 8.75. The average Bonchev–Trinajstić information content (AvgIpc) is 3.38. The number of fused-ring (bicyclic) bond motifs is 2. The van der Waals surface area contributed by atoms with Crippen molar-refractivity contribution in [2.75, 3.05) is 31.1 Å². The lowest BCUT2D eigenvalue weighted by Gasteiger charge is -2.36. The predicted octanol–water partition coefficient (Wildman–Crippen LogP) is 1.31. The highest BCUT2D eigenvalue weighted by molar-refractivity contribution is 7.90. The molecule has 12 heteroatoms. The molecule has 3 aromatic rings. The second-order valence-corrected chi connectivity index (χ2v) is 10.4. The molecule has 2 aliphatic rings. The number of unbranched alkanes of at least 4 members (excludes halogenated alkanes) is 1. The molecule has 1 saturated heterocycles. The molecule has 1 aromatic carbocycles. The summed E-state index contributed by atoms with van der Waals surface area (Å²) in [6.45, 7) is 4.36. The molecule has 0 spiro atoms. The number of carbonyl (C=O) groups excluding carboxylic acids is 1. The van der Waals surface area contributed by atoms with E-state index in [9.17, 15) is 13.2 Å². The Bertz CT molecular complexity index is 1390. The van der Waals surface area contributed by atoms with Crippen molar-refractivity contribution in [3.05, 3.63) is 42.4 Å². The van der Waals surface area contributed by atoms with E-state index in [4.69, 9.17) is 0 Å². The van der Waals surface area contributed by atoms with Crippen molar-refractivity contribution in [2.24, 2.45) is 12.0 Å². The number of aryl methyl sites for hydroxylation is 1. The van der Waals surface area contributed by atoms with E-state index in [2.05, 4.69) is 36.6 Å². The van der Waals surface area contributed by atoms with Crippen LogP contribution < -0.4 is 9.62 Å². The number of nitrogens with one attached hydrogen (secondary N) is 1. The van der Waals surface area contributed by atoms with Crippen LogP contribution in [0.15, 0.2) is 46.7 Å². The molecule has 184 valence electrons. The summed E-state index contributed by atoms with van der Waals surface area (Å²) in [7, 11) is -1.81. The normalized spacial score (nSPS) is 19.1. The third kappa shape index (κ3) is 4.33. The van der Waals surface area contributed by atoms with Gasteiger partial charge in [-0.1, -0.05) is 31.9 Å². The van der Waals surface area contributed by atoms with Gasteiger partial charge in [-0.3, -0.25) is 19.2 Å². The van der Waals surface area contributed by atoms with Crippen LogP contribution in [0.2, 0.25) is 0 Å². The summed E-state index contributed by atoms with van der Waals surface area (Å²) in [5, 5.41) is 5.16. The number of anilines is 1. The zero-order chi connectivity index (χ0) is 24.6. The molecule has 1 atom stereocenters. The highest BCUT2D eigenvalue weighted by Crippen LogP contribution is 2.25. The molecule has 1 unspecified atom stereocenters. The molecule has 0 bridgehead atoms. The number of sulfonamides is 1. The number of aliphatic imine (C=N–C) groups is 1. The summed E-state index contributed by atoms with van der Waals surface area (Å²) >= 11 is 0. The van der Waals surface area contributed by atoms with Crippen molar-refractivity contribution in [3.8, 4) is 0 Å². The lowest BCUT2D eigenvalue weighted by Crippen LogP contribution is -2.51. The highest BCUT2D eigenvalue weighted by Gasteiger charge is 2.33. The van der Waals surface area contributed by atoms with Crippen molar-refractivity contribution in [1.82, 2.24) is 29.4 Å². The van der Waals surface area contributed by atoms with E-state index in [0.717, 1.165) is 29.7 Å². The number of amidine groups is 1. The number of nitrogens with zero attached hydrogens (tertiary/aromatic N) is 7. The van der Waals surface area contributed by atoms with Gasteiger partial charge in [-0.2, -0.15) is 5.10 Å². The first-order chi connectivity index (χ1) is 16.9. The molecule has 1 amide bonds. The van der Waals surface area contributed by atoms with Crippen LogP contribution in [0, 0.1) is 0 Å². The molecular weight excluding hydrogens is 468 g/mol. The lowest BCUT2D eigenvalue weighted by atomic mass is 10.1. The molecule has 5 rings (SSSR count). The van der Waals surface area contributed by atoms with Gasteiger partial charge in [0.1, 0.15) is 24.0 Å². The second kappa shape index (κ2) is 9.25. The molecule has 2 aromatic heterocycles. The Morgan fingerprint density at radius 1 is 1.17 bits per heavy atom. The van der Waals surface area contributed by atoms with Crippen LogP contribution in [0.4, 0.5) is 5.82 Å². The quantitative estimate of drug-likeness (QED) is 0.545. The Morgan fingerprint density at radius 2 is 1.94 bits per heavy atom. The molecular formula is C23H28N8O3S. The molecule has 0 aliphatic carbocycles. The summed E-state index contributed by atoms with van der Waals surface area (Å²) in [5.41, 5.74) is 1.28. The summed E-state index contributed by atoms with van der Waals surface area (Å²) in [5.74, 6) is 0.979. The predicted molar refractivity (Wildman–Crippen MR) is 132 cm³/mol. The number of carbonyl (C=O) groups is 1. The Hall–Kier alpha value is -3.54. The van der Waals surface area contributed by atoms with Crippen LogP contribution >= 0.6 is 0 Å². The van der Waals surface area contributed by atoms with Gasteiger partial charge in [0, 0.05) is 38.8 Å². The Kier molecular flexibility index (Phi) is 6.13. The molecule has 1 N–H and O–H groups in total. The fourth-order valence-electron chi connectivity index (χ4n) is 4.58. The van der Waals surface area contributed by atoms with Crippen LogP contribution in [0.5, 0.6) is 0 Å². The molecule has 2 aliphatic heterocycles. The summed E-state index contributed by atoms with van der Waals surface area (Å²) in [4.78, 5) is 31.1. The first kappa shape index (κ1) is 23.2. The van der Waals surface area contributed by atoms with Crippen molar-refractivity contribution in [3.63, 3.8) is 0 Å². The maximum Gasteiger partial charge on any atom is 0.263 e. The van der Waals surface area contributed by atoms with Crippen LogP contribution in [0.3, 0.4) is 0 Å². The fraction of sp³-hybridized carbons (Fsp3) is 0.435. The lowest BCUT2D eigenvalue weighted by molar-refractivity contribution is -0.133. The van der Waals surface area contributed by atoms with Crippen molar-refractivity contribution >= 4 is 38.6 Å². The third-order valence-electron chi connectivity index (χ3n) is 6.46. The zero-order valence-corrected chi connectivity index (χ0v) is 20.6. The van der Waals surface area contributed by atoms with E-state index < -0.39 is 16.1 Å². The van der Waals surface area contributed by atoms with Gasteiger partial charge in [-0.05, 0) is 18.6 Å². The molecule has 35 heavy (non-hydrogen) atoms. The topological polar surface area (TPSA) is 126 Å². The van der Waals surface area contributed by atoms with Gasteiger partial charge in [-0.25, -0.2) is 18.4 Å². The van der Waals surface area contributed by atoms with E-state index in [0.29, 0.717) is 38.2 Å². The van der Waals surface area contributed by atoms with Gasteiger partial charge < -0.3 is 9.80 Å². The van der Waals surface area contributed by atoms with E-state index in [1.54, 1.807) is 35.1 Å². The van der Waals surface area contributed by atoms with Crippen LogP contribution in [-0.4, -0.2) is 77.0 Å². The van der Waals surface area contributed by atoms with Gasteiger partial charge in [0.25, 0.3) is 10.0 Å². The molecule has 0 radical (unpaired) electrons.